The minimum atomic E-state index is 0.148. The predicted octanol–water partition coefficient (Wildman–Crippen LogP) is 2.87. The van der Waals surface area contributed by atoms with Gasteiger partial charge in [0.1, 0.15) is 0 Å². The number of rotatable bonds is 3. The highest BCUT2D eigenvalue weighted by atomic mass is 16.5. The second-order valence-corrected chi connectivity index (χ2v) is 5.99. The average Bonchev–Trinajstić information content (AvgIpc) is 2.61. The van der Waals surface area contributed by atoms with Gasteiger partial charge in [0.15, 0.2) is 0 Å². The van der Waals surface area contributed by atoms with Gasteiger partial charge in [0.25, 0.3) is 0 Å². The molecular formula is C16H26N2O. The number of benzene rings is 1. The topological polar surface area (TPSA) is 47.3 Å². The summed E-state index contributed by atoms with van der Waals surface area (Å²) >= 11 is 0. The quantitative estimate of drug-likeness (QED) is 0.650. The Morgan fingerprint density at radius 3 is 2.37 bits per heavy atom. The van der Waals surface area contributed by atoms with Gasteiger partial charge >= 0.3 is 0 Å². The summed E-state index contributed by atoms with van der Waals surface area (Å²) in [7, 11) is 0. The van der Waals surface area contributed by atoms with Gasteiger partial charge in [-0.05, 0) is 44.7 Å². The van der Waals surface area contributed by atoms with Crippen molar-refractivity contribution < 1.29 is 4.74 Å². The highest BCUT2D eigenvalue weighted by Crippen LogP contribution is 2.41. The van der Waals surface area contributed by atoms with E-state index in [1.54, 1.807) is 0 Å². The normalized spacial score (nSPS) is 32.5. The number of aryl methyl sites for hydroxylation is 2. The molecule has 0 radical (unpaired) electrons. The van der Waals surface area contributed by atoms with E-state index in [0.29, 0.717) is 17.9 Å². The number of hydrogen-bond acceptors (Lipinski definition) is 3. The first kappa shape index (κ1) is 14.5. The van der Waals surface area contributed by atoms with E-state index in [4.69, 9.17) is 10.6 Å². The van der Waals surface area contributed by atoms with E-state index in [2.05, 4.69) is 58.2 Å². The third-order valence-electron chi connectivity index (χ3n) is 4.65. The number of hydrogen-bond donors (Lipinski definition) is 2. The Kier molecular flexibility index (Phi) is 4.29. The molecule has 1 fully saturated rings. The van der Waals surface area contributed by atoms with Crippen LogP contribution in [0.1, 0.15) is 43.5 Å². The number of hydrazine groups is 1. The van der Waals surface area contributed by atoms with Gasteiger partial charge < -0.3 is 4.74 Å². The van der Waals surface area contributed by atoms with Crippen LogP contribution in [0.5, 0.6) is 0 Å². The van der Waals surface area contributed by atoms with Crippen molar-refractivity contribution in [1.82, 2.24) is 5.43 Å². The van der Waals surface area contributed by atoms with Crippen molar-refractivity contribution in [3.05, 3.63) is 34.9 Å². The maximum absolute atomic E-state index is 5.96. The summed E-state index contributed by atoms with van der Waals surface area (Å²) in [4.78, 5) is 0. The first-order valence-corrected chi connectivity index (χ1v) is 7.14. The van der Waals surface area contributed by atoms with Crippen molar-refractivity contribution >= 4 is 0 Å². The van der Waals surface area contributed by atoms with Crippen LogP contribution in [-0.2, 0) is 4.74 Å². The maximum atomic E-state index is 5.96. The fraction of sp³-hybridized carbons (Fsp3) is 0.625. The Balaban J connectivity index is 2.37. The summed E-state index contributed by atoms with van der Waals surface area (Å²) in [5, 5.41) is 0. The van der Waals surface area contributed by atoms with Crippen molar-refractivity contribution in [2.24, 2.45) is 17.7 Å². The van der Waals surface area contributed by atoms with Gasteiger partial charge in [0.2, 0.25) is 0 Å². The summed E-state index contributed by atoms with van der Waals surface area (Å²) in [5.74, 6) is 6.77. The zero-order valence-electron chi connectivity index (χ0n) is 12.6. The van der Waals surface area contributed by atoms with Crippen LogP contribution in [0.2, 0.25) is 0 Å². The highest BCUT2D eigenvalue weighted by Gasteiger charge is 2.42. The third kappa shape index (κ3) is 2.69. The molecule has 0 aliphatic carbocycles. The SMILES string of the molecule is Cc1ccc(C)c(C(NN)C2C(C)OC(C)C2C)c1. The average molecular weight is 262 g/mol. The molecule has 3 N–H and O–H groups in total. The van der Waals surface area contributed by atoms with Gasteiger partial charge in [-0.15, -0.1) is 0 Å². The molecule has 1 heterocycles. The molecule has 1 aromatic rings. The van der Waals surface area contributed by atoms with Gasteiger partial charge in [-0.1, -0.05) is 30.7 Å². The van der Waals surface area contributed by atoms with Crippen LogP contribution in [0.3, 0.4) is 0 Å². The van der Waals surface area contributed by atoms with E-state index >= 15 is 0 Å². The highest BCUT2D eigenvalue weighted by molar-refractivity contribution is 5.33. The Morgan fingerprint density at radius 1 is 1.16 bits per heavy atom. The van der Waals surface area contributed by atoms with Crippen LogP contribution in [0.25, 0.3) is 0 Å². The van der Waals surface area contributed by atoms with Gasteiger partial charge in [0, 0.05) is 5.92 Å². The van der Waals surface area contributed by atoms with E-state index in [9.17, 15) is 0 Å². The molecule has 1 aliphatic heterocycles. The fourth-order valence-electron chi connectivity index (χ4n) is 3.37. The molecule has 5 atom stereocenters. The molecule has 3 nitrogen and oxygen atoms in total. The minimum Gasteiger partial charge on any atom is -0.375 e. The largest absolute Gasteiger partial charge is 0.375 e. The zero-order valence-corrected chi connectivity index (χ0v) is 12.6. The molecule has 19 heavy (non-hydrogen) atoms. The number of nitrogens with two attached hydrogens (primary N) is 1. The van der Waals surface area contributed by atoms with Gasteiger partial charge in [-0.3, -0.25) is 11.3 Å². The van der Waals surface area contributed by atoms with Gasteiger partial charge in [-0.2, -0.15) is 0 Å². The Bertz CT molecular complexity index is 446. The van der Waals surface area contributed by atoms with Gasteiger partial charge in [-0.25, -0.2) is 0 Å². The van der Waals surface area contributed by atoms with Crippen LogP contribution in [-0.4, -0.2) is 12.2 Å². The van der Waals surface area contributed by atoms with Crippen molar-refractivity contribution in [1.29, 1.82) is 0 Å². The van der Waals surface area contributed by atoms with Crippen molar-refractivity contribution in [3.63, 3.8) is 0 Å². The first-order chi connectivity index (χ1) is 8.95. The maximum Gasteiger partial charge on any atom is 0.0601 e. The van der Waals surface area contributed by atoms with Crippen LogP contribution < -0.4 is 11.3 Å². The molecule has 5 unspecified atom stereocenters. The summed E-state index contributed by atoms with van der Waals surface area (Å²) in [6, 6.07) is 6.70. The van der Waals surface area contributed by atoms with E-state index in [1.165, 1.54) is 16.7 Å². The third-order valence-corrected chi connectivity index (χ3v) is 4.65. The Morgan fingerprint density at radius 2 is 1.84 bits per heavy atom. The van der Waals surface area contributed by atoms with Gasteiger partial charge in [0.05, 0.1) is 18.2 Å². The van der Waals surface area contributed by atoms with E-state index < -0.39 is 0 Å². The van der Waals surface area contributed by atoms with Crippen molar-refractivity contribution in [3.8, 4) is 0 Å². The first-order valence-electron chi connectivity index (χ1n) is 7.14. The summed E-state index contributed by atoms with van der Waals surface area (Å²) < 4.78 is 5.96. The summed E-state index contributed by atoms with van der Waals surface area (Å²) in [6.45, 7) is 10.8. The van der Waals surface area contributed by atoms with Crippen LogP contribution in [0, 0.1) is 25.7 Å². The second-order valence-electron chi connectivity index (χ2n) is 5.99. The van der Waals surface area contributed by atoms with Crippen molar-refractivity contribution in [2.75, 3.05) is 0 Å². The molecule has 1 aliphatic rings. The van der Waals surface area contributed by atoms with Crippen LogP contribution in [0.15, 0.2) is 18.2 Å². The van der Waals surface area contributed by atoms with E-state index in [0.717, 1.165) is 0 Å². The minimum absolute atomic E-state index is 0.148. The molecule has 106 valence electrons. The molecule has 2 rings (SSSR count). The lowest BCUT2D eigenvalue weighted by atomic mass is 9.79. The molecule has 0 amide bonds. The summed E-state index contributed by atoms with van der Waals surface area (Å²) in [6.07, 6.45) is 0.520. The molecule has 0 aromatic heterocycles. The molecule has 0 saturated carbocycles. The lowest BCUT2D eigenvalue weighted by Crippen LogP contribution is -2.39. The molecule has 1 saturated heterocycles. The molecule has 0 bridgehead atoms. The lowest BCUT2D eigenvalue weighted by molar-refractivity contribution is 0.0474. The fourth-order valence-corrected chi connectivity index (χ4v) is 3.37. The zero-order chi connectivity index (χ0) is 14.2. The monoisotopic (exact) mass is 262 g/mol. The second kappa shape index (κ2) is 5.61. The lowest BCUT2D eigenvalue weighted by Gasteiger charge is -2.30. The van der Waals surface area contributed by atoms with Crippen molar-refractivity contribution in [2.45, 2.75) is 52.9 Å². The molecular weight excluding hydrogens is 236 g/mol. The smallest absolute Gasteiger partial charge is 0.0601 e. The Labute approximate surface area is 116 Å². The molecule has 0 spiro atoms. The number of ether oxygens (including phenoxy) is 1. The molecule has 1 aromatic carbocycles. The van der Waals surface area contributed by atoms with Crippen LogP contribution >= 0.6 is 0 Å². The predicted molar refractivity (Wildman–Crippen MR) is 78.6 cm³/mol. The standard InChI is InChI=1S/C16H26N2O/c1-9-6-7-10(2)14(8-9)16(18-17)15-11(3)12(4)19-13(15)5/h6-8,11-13,15-16,18H,17H2,1-5H3. The Hall–Kier alpha value is -0.900. The van der Waals surface area contributed by atoms with E-state index in [1.807, 2.05) is 0 Å². The summed E-state index contributed by atoms with van der Waals surface area (Å²) in [5.41, 5.74) is 6.88. The number of nitrogens with one attached hydrogen (secondary N) is 1. The van der Waals surface area contributed by atoms with E-state index in [-0.39, 0.29) is 12.1 Å². The molecule has 3 heteroatoms. The van der Waals surface area contributed by atoms with Crippen LogP contribution in [0.4, 0.5) is 0 Å².